The molecule has 1 fully saturated rings. The van der Waals surface area contributed by atoms with Gasteiger partial charge in [-0.25, -0.2) is 0 Å². The van der Waals surface area contributed by atoms with Crippen LogP contribution in [0, 0.1) is 11.3 Å². The second-order valence-corrected chi connectivity index (χ2v) is 9.74. The Bertz CT molecular complexity index is 1260. The van der Waals surface area contributed by atoms with Crippen LogP contribution in [0.2, 0.25) is 5.02 Å². The van der Waals surface area contributed by atoms with Crippen LogP contribution in [0.15, 0.2) is 93.9 Å². The quantitative estimate of drug-likeness (QED) is 0.312. The molecule has 1 atom stereocenters. The van der Waals surface area contributed by atoms with Crippen LogP contribution >= 0.6 is 39.3 Å². The number of rotatable bonds is 5. The largest absolute Gasteiger partial charge is 0.321 e. The number of hydrogen-bond donors (Lipinski definition) is 1. The fraction of sp³-hybridized carbons (Fsp3) is 0.0800. The zero-order valence-electron chi connectivity index (χ0n) is 17.2. The van der Waals surface area contributed by atoms with Gasteiger partial charge in [0.05, 0.1) is 5.25 Å². The van der Waals surface area contributed by atoms with Gasteiger partial charge in [0.25, 0.3) is 5.91 Å². The lowest BCUT2D eigenvalue weighted by atomic mass is 10.1. The molecule has 1 unspecified atom stereocenters. The molecule has 8 heteroatoms. The first-order valence-electron chi connectivity index (χ1n) is 9.97. The molecule has 5 nitrogen and oxygen atoms in total. The summed E-state index contributed by atoms with van der Waals surface area (Å²) >= 11 is 10.7. The Morgan fingerprint density at radius 3 is 2.36 bits per heavy atom. The predicted molar refractivity (Wildman–Crippen MR) is 136 cm³/mol. The summed E-state index contributed by atoms with van der Waals surface area (Å²) in [4.78, 5) is 27.9. The summed E-state index contributed by atoms with van der Waals surface area (Å²) in [5.74, 6) is -0.761. The Morgan fingerprint density at radius 2 is 1.73 bits per heavy atom. The second kappa shape index (κ2) is 10.3. The normalized spacial score (nSPS) is 16.9. The Kier molecular flexibility index (Phi) is 7.19. The summed E-state index contributed by atoms with van der Waals surface area (Å²) in [6.07, 6.45) is 0.462. The highest BCUT2D eigenvalue weighted by atomic mass is 79.9. The summed E-state index contributed by atoms with van der Waals surface area (Å²) < 4.78 is 0.948. The number of carbonyl (C=O) groups excluding carboxylic acids is 2. The van der Waals surface area contributed by atoms with Crippen LogP contribution in [0.3, 0.4) is 0 Å². The van der Waals surface area contributed by atoms with E-state index in [-0.39, 0.29) is 11.5 Å². The first-order valence-corrected chi connectivity index (χ1v) is 12.0. The average Bonchev–Trinajstić information content (AvgIpc) is 3.12. The summed E-state index contributed by atoms with van der Waals surface area (Å²) in [6, 6.07) is 25.4. The summed E-state index contributed by atoms with van der Waals surface area (Å²) in [7, 11) is 0. The van der Waals surface area contributed by atoms with E-state index in [1.54, 1.807) is 48.5 Å². The fourth-order valence-electron chi connectivity index (χ4n) is 3.36. The molecule has 1 aliphatic heterocycles. The zero-order chi connectivity index (χ0) is 23.4. The van der Waals surface area contributed by atoms with E-state index in [2.05, 4.69) is 21.2 Å². The van der Waals surface area contributed by atoms with Crippen LogP contribution in [0.5, 0.6) is 0 Å². The number of amides is 2. The van der Waals surface area contributed by atoms with Gasteiger partial charge in [-0.05, 0) is 60.5 Å². The lowest BCUT2D eigenvalue weighted by molar-refractivity contribution is -0.117. The molecule has 1 N–H and O–H groups in total. The third kappa shape index (κ3) is 5.31. The van der Waals surface area contributed by atoms with Crippen LogP contribution in [0.25, 0.3) is 0 Å². The van der Waals surface area contributed by atoms with Crippen LogP contribution in [-0.4, -0.2) is 17.1 Å². The van der Waals surface area contributed by atoms with Crippen LogP contribution in [0.4, 0.5) is 11.4 Å². The molecule has 0 bridgehead atoms. The number of carbonyl (C=O) groups is 2. The van der Waals surface area contributed by atoms with Gasteiger partial charge in [-0.2, -0.15) is 5.26 Å². The molecule has 164 valence electrons. The minimum Gasteiger partial charge on any atom is -0.321 e. The van der Waals surface area contributed by atoms with Crippen molar-refractivity contribution in [2.45, 2.75) is 11.7 Å². The predicted octanol–water partition coefficient (Wildman–Crippen LogP) is 6.17. The molecule has 1 heterocycles. The van der Waals surface area contributed by atoms with Crippen molar-refractivity contribution >= 4 is 62.5 Å². The van der Waals surface area contributed by atoms with E-state index < -0.39 is 11.2 Å². The van der Waals surface area contributed by atoms with Gasteiger partial charge in [-0.3, -0.25) is 14.5 Å². The molecule has 0 saturated carbocycles. The molecule has 1 saturated heterocycles. The number of benzene rings is 3. The minimum absolute atomic E-state index is 0.120. The van der Waals surface area contributed by atoms with Crippen molar-refractivity contribution in [1.82, 2.24) is 0 Å². The number of hydrogen-bond acceptors (Lipinski definition) is 4. The van der Waals surface area contributed by atoms with Crippen molar-refractivity contribution in [3.05, 3.63) is 105 Å². The van der Waals surface area contributed by atoms with E-state index in [4.69, 9.17) is 11.6 Å². The number of nitrogens with zero attached hydrogens (tertiary/aromatic N) is 2. The monoisotopic (exact) mass is 537 g/mol. The van der Waals surface area contributed by atoms with Crippen molar-refractivity contribution in [1.29, 1.82) is 5.26 Å². The van der Waals surface area contributed by atoms with Gasteiger partial charge in [0, 0.05) is 20.9 Å². The zero-order valence-corrected chi connectivity index (χ0v) is 20.3. The van der Waals surface area contributed by atoms with Gasteiger partial charge >= 0.3 is 0 Å². The van der Waals surface area contributed by atoms with Gasteiger partial charge in [-0.1, -0.05) is 69.6 Å². The Morgan fingerprint density at radius 1 is 1.06 bits per heavy atom. The second-order valence-electron chi connectivity index (χ2n) is 7.20. The maximum Gasteiger partial charge on any atom is 0.269 e. The summed E-state index contributed by atoms with van der Waals surface area (Å²) in [5, 5.41) is 13.0. The number of halogens is 2. The highest BCUT2D eigenvalue weighted by Gasteiger charge is 2.40. The van der Waals surface area contributed by atoms with Crippen molar-refractivity contribution in [2.24, 2.45) is 0 Å². The van der Waals surface area contributed by atoms with E-state index in [9.17, 15) is 14.9 Å². The molecule has 1 aliphatic rings. The van der Waals surface area contributed by atoms with Crippen LogP contribution in [0.1, 0.15) is 5.56 Å². The van der Waals surface area contributed by atoms with E-state index >= 15 is 0 Å². The maximum absolute atomic E-state index is 13.5. The molecule has 3 aromatic rings. The molecule has 4 rings (SSSR count). The molecular weight excluding hydrogens is 522 g/mol. The number of para-hydroxylation sites is 1. The molecule has 0 spiro atoms. The number of thioether (sulfide) groups is 1. The molecule has 0 aliphatic carbocycles. The van der Waals surface area contributed by atoms with E-state index in [1.165, 1.54) is 16.7 Å². The highest BCUT2D eigenvalue weighted by molar-refractivity contribution is 9.10. The molecule has 2 amide bonds. The molecule has 0 aromatic heterocycles. The van der Waals surface area contributed by atoms with Gasteiger partial charge < -0.3 is 5.32 Å². The van der Waals surface area contributed by atoms with Crippen molar-refractivity contribution in [2.75, 3.05) is 10.2 Å². The van der Waals surface area contributed by atoms with E-state index in [0.29, 0.717) is 27.8 Å². The number of nitriles is 1. The lowest BCUT2D eigenvalue weighted by Gasteiger charge is -2.19. The third-order valence-corrected chi connectivity index (χ3v) is 7.00. The van der Waals surface area contributed by atoms with Crippen molar-refractivity contribution in [3.63, 3.8) is 0 Å². The minimum atomic E-state index is -0.567. The number of nitrogens with one attached hydrogen (secondary N) is 1. The summed E-state index contributed by atoms with van der Waals surface area (Å²) in [6.45, 7) is 0. The van der Waals surface area contributed by atoms with Gasteiger partial charge in [-0.15, -0.1) is 0 Å². The van der Waals surface area contributed by atoms with Crippen molar-refractivity contribution in [3.8, 4) is 6.07 Å². The number of anilines is 2. The molecule has 33 heavy (non-hydrogen) atoms. The van der Waals surface area contributed by atoms with E-state index in [1.807, 2.05) is 36.4 Å². The van der Waals surface area contributed by atoms with Gasteiger partial charge in [0.1, 0.15) is 16.7 Å². The topological polar surface area (TPSA) is 73.2 Å². The Hall–Kier alpha value is -3.05. The van der Waals surface area contributed by atoms with Crippen molar-refractivity contribution < 1.29 is 9.59 Å². The first kappa shape index (κ1) is 23.1. The Balaban J connectivity index is 1.72. The molecule has 0 radical (unpaired) electrons. The maximum atomic E-state index is 13.5. The third-order valence-electron chi connectivity index (χ3n) is 4.96. The average molecular weight is 539 g/mol. The first-order chi connectivity index (χ1) is 16.0. The van der Waals surface area contributed by atoms with Crippen LogP contribution in [-0.2, 0) is 16.0 Å². The highest BCUT2D eigenvalue weighted by Crippen LogP contribution is 2.42. The van der Waals surface area contributed by atoms with Gasteiger partial charge in [0.2, 0.25) is 5.91 Å². The smallest absolute Gasteiger partial charge is 0.269 e. The molecular formula is C25H17BrClN3O2S. The SMILES string of the molecule is N#CC(C(=O)Nc1ccccc1)=C1SC(Cc2ccc(Br)cc2)C(=O)N1c1ccc(Cl)cc1. The molecule has 3 aromatic carbocycles. The standard InChI is InChI=1S/C25H17BrClN3O2S/c26-17-8-6-16(7-9-17)14-22-24(32)30(20-12-10-18(27)11-13-20)25(33-22)21(15-28)23(31)29-19-4-2-1-3-5-19/h1-13,22H,14H2,(H,29,31). The summed E-state index contributed by atoms with van der Waals surface area (Å²) in [5.41, 5.74) is 1.97. The Labute approximate surface area is 209 Å². The lowest BCUT2D eigenvalue weighted by Crippen LogP contribution is -2.30. The fourth-order valence-corrected chi connectivity index (χ4v) is 5.06. The van der Waals surface area contributed by atoms with E-state index in [0.717, 1.165) is 10.0 Å². The van der Waals surface area contributed by atoms with Crippen LogP contribution < -0.4 is 10.2 Å². The van der Waals surface area contributed by atoms with Gasteiger partial charge in [0.15, 0.2) is 0 Å².